The molecule has 0 unspecified atom stereocenters. The van der Waals surface area contributed by atoms with Crippen LogP contribution in [0, 0.1) is 12.3 Å². The normalized spacial score (nSPS) is 27.6. The highest BCUT2D eigenvalue weighted by molar-refractivity contribution is 5.00. The van der Waals surface area contributed by atoms with Crippen LogP contribution in [-0.4, -0.2) is 52.9 Å². The maximum atomic E-state index is 5.50. The van der Waals surface area contributed by atoms with E-state index < -0.39 is 0 Å². The fraction of sp³-hybridized carbons (Fsp3) is 0.867. The molecule has 1 aromatic heterocycles. The van der Waals surface area contributed by atoms with E-state index in [9.17, 15) is 0 Å². The number of hydrogen-bond donors (Lipinski definition) is 1. The first-order valence-corrected chi connectivity index (χ1v) is 7.84. The third kappa shape index (κ3) is 3.20. The summed E-state index contributed by atoms with van der Waals surface area (Å²) in [6, 6.07) is 0. The highest BCUT2D eigenvalue weighted by atomic mass is 16.5. The first-order chi connectivity index (χ1) is 9.65. The molecule has 1 N–H and O–H groups in total. The summed E-state index contributed by atoms with van der Waals surface area (Å²) in [6.07, 6.45) is 4.85. The molecule has 0 saturated carbocycles. The van der Waals surface area contributed by atoms with Gasteiger partial charge in [0.25, 0.3) is 0 Å². The molecule has 2 fully saturated rings. The highest BCUT2D eigenvalue weighted by Gasteiger charge is 2.32. The van der Waals surface area contributed by atoms with E-state index in [0.29, 0.717) is 11.3 Å². The first-order valence-electron chi connectivity index (χ1n) is 7.84. The fourth-order valence-electron chi connectivity index (χ4n) is 3.51. The van der Waals surface area contributed by atoms with Gasteiger partial charge in [0.2, 0.25) is 0 Å². The van der Waals surface area contributed by atoms with Crippen LogP contribution in [0.1, 0.15) is 50.2 Å². The molecular formula is C15H26N4O. The Kier molecular flexibility index (Phi) is 4.08. The van der Waals surface area contributed by atoms with Crippen molar-refractivity contribution in [2.24, 2.45) is 5.41 Å². The average Bonchev–Trinajstić information content (AvgIpc) is 2.86. The van der Waals surface area contributed by atoms with Gasteiger partial charge in [0, 0.05) is 32.2 Å². The van der Waals surface area contributed by atoms with E-state index in [1.807, 2.05) is 6.92 Å². The summed E-state index contributed by atoms with van der Waals surface area (Å²) in [5, 5.41) is 7.33. The smallest absolute Gasteiger partial charge is 0.155 e. The van der Waals surface area contributed by atoms with Gasteiger partial charge >= 0.3 is 0 Å². The van der Waals surface area contributed by atoms with Crippen molar-refractivity contribution in [1.29, 1.82) is 0 Å². The van der Waals surface area contributed by atoms with E-state index in [1.54, 1.807) is 0 Å². The molecule has 0 radical (unpaired) electrons. The average molecular weight is 278 g/mol. The molecule has 5 heteroatoms. The lowest BCUT2D eigenvalue weighted by Crippen LogP contribution is -2.43. The first kappa shape index (κ1) is 14.0. The number of H-pyrrole nitrogens is 1. The summed E-state index contributed by atoms with van der Waals surface area (Å²) >= 11 is 0. The molecule has 3 rings (SSSR count). The van der Waals surface area contributed by atoms with Crippen molar-refractivity contribution in [2.45, 2.75) is 45.4 Å². The van der Waals surface area contributed by atoms with Gasteiger partial charge in [-0.2, -0.15) is 5.10 Å². The second-order valence-electron chi connectivity index (χ2n) is 6.78. The molecule has 0 amide bonds. The molecule has 0 aromatic carbocycles. The van der Waals surface area contributed by atoms with Gasteiger partial charge in [0.15, 0.2) is 5.82 Å². The predicted molar refractivity (Wildman–Crippen MR) is 77.7 cm³/mol. The Bertz CT molecular complexity index is 439. The zero-order valence-corrected chi connectivity index (χ0v) is 12.7. The Labute approximate surface area is 121 Å². The SMILES string of the molecule is Cc1nc([C@@H]2CCCN(CC3(C)CCOCC3)C2)n[nH]1. The van der Waals surface area contributed by atoms with Crippen molar-refractivity contribution < 1.29 is 4.74 Å². The van der Waals surface area contributed by atoms with Gasteiger partial charge in [-0.25, -0.2) is 4.98 Å². The Hall–Kier alpha value is -0.940. The quantitative estimate of drug-likeness (QED) is 0.920. The lowest BCUT2D eigenvalue weighted by atomic mass is 9.81. The van der Waals surface area contributed by atoms with E-state index in [4.69, 9.17) is 4.74 Å². The van der Waals surface area contributed by atoms with Gasteiger partial charge in [-0.1, -0.05) is 6.92 Å². The molecule has 1 atom stereocenters. The van der Waals surface area contributed by atoms with Crippen molar-refractivity contribution in [1.82, 2.24) is 20.1 Å². The second-order valence-corrected chi connectivity index (χ2v) is 6.78. The number of nitrogens with one attached hydrogen (secondary N) is 1. The van der Waals surface area contributed by atoms with E-state index in [0.717, 1.165) is 31.4 Å². The van der Waals surface area contributed by atoms with Crippen LogP contribution in [0.2, 0.25) is 0 Å². The fourth-order valence-corrected chi connectivity index (χ4v) is 3.51. The van der Waals surface area contributed by atoms with Crippen LogP contribution >= 0.6 is 0 Å². The molecule has 0 bridgehead atoms. The number of rotatable bonds is 3. The van der Waals surface area contributed by atoms with E-state index in [2.05, 4.69) is 27.0 Å². The van der Waals surface area contributed by atoms with Crippen LogP contribution in [0.3, 0.4) is 0 Å². The number of hydrogen-bond acceptors (Lipinski definition) is 4. The zero-order valence-electron chi connectivity index (χ0n) is 12.7. The van der Waals surface area contributed by atoms with Crippen LogP contribution in [0.5, 0.6) is 0 Å². The molecule has 5 nitrogen and oxygen atoms in total. The lowest BCUT2D eigenvalue weighted by Gasteiger charge is -2.41. The van der Waals surface area contributed by atoms with E-state index in [-0.39, 0.29) is 0 Å². The molecule has 2 saturated heterocycles. The third-order valence-electron chi connectivity index (χ3n) is 4.79. The van der Waals surface area contributed by atoms with Crippen LogP contribution in [-0.2, 0) is 4.74 Å². The molecule has 1 aromatic rings. The minimum atomic E-state index is 0.426. The second kappa shape index (κ2) is 5.82. The van der Waals surface area contributed by atoms with Gasteiger partial charge in [0.05, 0.1) is 0 Å². The summed E-state index contributed by atoms with van der Waals surface area (Å²) in [6.45, 7) is 9.75. The lowest BCUT2D eigenvalue weighted by molar-refractivity contribution is 0.000605. The molecular weight excluding hydrogens is 252 g/mol. The van der Waals surface area contributed by atoms with E-state index in [1.165, 1.54) is 38.8 Å². The van der Waals surface area contributed by atoms with Crippen LogP contribution in [0.15, 0.2) is 0 Å². The Morgan fingerprint density at radius 1 is 1.40 bits per heavy atom. The van der Waals surface area contributed by atoms with Gasteiger partial charge in [-0.15, -0.1) is 0 Å². The summed E-state index contributed by atoms with van der Waals surface area (Å²) < 4.78 is 5.50. The monoisotopic (exact) mass is 278 g/mol. The minimum absolute atomic E-state index is 0.426. The zero-order chi connectivity index (χ0) is 14.0. The van der Waals surface area contributed by atoms with Gasteiger partial charge in [0.1, 0.15) is 5.82 Å². The molecule has 0 spiro atoms. The van der Waals surface area contributed by atoms with Crippen molar-refractivity contribution in [2.75, 3.05) is 32.8 Å². The number of nitrogens with zero attached hydrogens (tertiary/aromatic N) is 3. The number of aromatic nitrogens is 3. The molecule has 112 valence electrons. The van der Waals surface area contributed by atoms with Gasteiger partial charge < -0.3 is 9.64 Å². The van der Waals surface area contributed by atoms with Crippen LogP contribution in [0.25, 0.3) is 0 Å². The number of aryl methyl sites for hydroxylation is 1. The highest BCUT2D eigenvalue weighted by Crippen LogP contribution is 2.33. The molecule has 3 heterocycles. The summed E-state index contributed by atoms with van der Waals surface area (Å²) in [7, 11) is 0. The molecule has 2 aliphatic rings. The topological polar surface area (TPSA) is 54.0 Å². The molecule has 0 aliphatic carbocycles. The van der Waals surface area contributed by atoms with Crippen molar-refractivity contribution in [3.63, 3.8) is 0 Å². The summed E-state index contributed by atoms with van der Waals surface area (Å²) in [5.41, 5.74) is 0.426. The maximum absolute atomic E-state index is 5.50. The van der Waals surface area contributed by atoms with E-state index >= 15 is 0 Å². The summed E-state index contributed by atoms with van der Waals surface area (Å²) in [5.74, 6) is 2.43. The van der Waals surface area contributed by atoms with Gasteiger partial charge in [-0.3, -0.25) is 5.10 Å². The third-order valence-corrected chi connectivity index (χ3v) is 4.79. The Morgan fingerprint density at radius 2 is 2.20 bits per heavy atom. The van der Waals surface area contributed by atoms with Gasteiger partial charge in [-0.05, 0) is 44.6 Å². The summed E-state index contributed by atoms with van der Waals surface area (Å²) in [4.78, 5) is 7.14. The Morgan fingerprint density at radius 3 is 2.90 bits per heavy atom. The van der Waals surface area contributed by atoms with Crippen molar-refractivity contribution in [3.8, 4) is 0 Å². The van der Waals surface area contributed by atoms with Crippen LogP contribution in [0.4, 0.5) is 0 Å². The van der Waals surface area contributed by atoms with Crippen LogP contribution < -0.4 is 0 Å². The predicted octanol–water partition coefficient (Wildman–Crippen LogP) is 2.11. The number of ether oxygens (including phenoxy) is 1. The Balaban J connectivity index is 1.60. The maximum Gasteiger partial charge on any atom is 0.155 e. The molecule has 20 heavy (non-hydrogen) atoms. The standard InChI is InChI=1S/C15H26N4O/c1-12-16-14(18-17-12)13-4-3-7-19(10-13)11-15(2)5-8-20-9-6-15/h13H,3-11H2,1-2H3,(H,16,17,18)/t13-/m1/s1. The molecule has 2 aliphatic heterocycles. The van der Waals surface area contributed by atoms with Crippen molar-refractivity contribution in [3.05, 3.63) is 11.6 Å². The number of piperidine rings is 1. The largest absolute Gasteiger partial charge is 0.381 e. The minimum Gasteiger partial charge on any atom is -0.381 e. The number of likely N-dealkylation sites (tertiary alicyclic amines) is 1. The van der Waals surface area contributed by atoms with Crippen molar-refractivity contribution >= 4 is 0 Å². The number of aromatic amines is 1.